The Morgan fingerprint density at radius 3 is 2.08 bits per heavy atom. The molecule has 3 aromatic rings. The molecule has 0 bridgehead atoms. The van der Waals surface area contributed by atoms with Crippen molar-refractivity contribution in [1.82, 2.24) is 15.3 Å². The Morgan fingerprint density at radius 2 is 1.52 bits per heavy atom. The van der Waals surface area contributed by atoms with Gasteiger partial charge in [0.2, 0.25) is 11.9 Å². The molecule has 274 valence electrons. The first-order valence-electron chi connectivity index (χ1n) is 15.0. The third-order valence-electron chi connectivity index (χ3n) is 6.82. The molecule has 19 heteroatoms. The van der Waals surface area contributed by atoms with Crippen LogP contribution >= 0.6 is 0 Å². The maximum atomic E-state index is 12.6. The highest BCUT2D eigenvalue weighted by Gasteiger charge is 2.39. The third kappa shape index (κ3) is 14.9. The summed E-state index contributed by atoms with van der Waals surface area (Å²) in [5.41, 5.74) is 8.59. The van der Waals surface area contributed by atoms with Gasteiger partial charge in [-0.25, -0.2) is 14.6 Å². The number of aryl methyl sites for hydroxylation is 1. The lowest BCUT2D eigenvalue weighted by atomic mass is 9.90. The highest BCUT2D eigenvalue weighted by Crippen LogP contribution is 2.28. The number of hydrogen-bond acceptors (Lipinski definition) is 8. The number of carbonyl (C=O) groups is 3. The minimum atomic E-state index is -5.08. The van der Waals surface area contributed by atoms with E-state index in [0.29, 0.717) is 31.9 Å². The van der Waals surface area contributed by atoms with Crippen LogP contribution in [0.15, 0.2) is 48.5 Å². The predicted molar refractivity (Wildman–Crippen MR) is 170 cm³/mol. The van der Waals surface area contributed by atoms with Crippen LogP contribution in [0.2, 0.25) is 0 Å². The zero-order chi connectivity index (χ0) is 37.5. The van der Waals surface area contributed by atoms with Gasteiger partial charge in [0.25, 0.3) is 0 Å². The molecule has 0 aliphatic heterocycles. The van der Waals surface area contributed by atoms with Gasteiger partial charge in [-0.2, -0.15) is 31.3 Å². The van der Waals surface area contributed by atoms with Crippen molar-refractivity contribution in [2.75, 3.05) is 17.2 Å². The van der Waals surface area contributed by atoms with Crippen molar-refractivity contribution < 1.29 is 55.7 Å². The number of anilines is 2. The summed E-state index contributed by atoms with van der Waals surface area (Å²) in [6.07, 6.45) is -5.20. The first-order valence-corrected chi connectivity index (χ1v) is 15.0. The van der Waals surface area contributed by atoms with Gasteiger partial charge < -0.3 is 31.3 Å². The minimum absolute atomic E-state index is 0.0298. The van der Waals surface area contributed by atoms with Gasteiger partial charge in [0, 0.05) is 30.5 Å². The number of nitrogens with one attached hydrogen (secondary N) is 4. The van der Waals surface area contributed by atoms with Gasteiger partial charge in [-0.15, -0.1) is 0 Å². The van der Waals surface area contributed by atoms with E-state index >= 15 is 0 Å². The third-order valence-corrected chi connectivity index (χ3v) is 6.82. The number of aliphatic carboxylic acids is 2. The van der Waals surface area contributed by atoms with E-state index in [0.717, 1.165) is 47.7 Å². The van der Waals surface area contributed by atoms with E-state index in [1.807, 2.05) is 55.5 Å². The summed E-state index contributed by atoms with van der Waals surface area (Å²) in [5.74, 6) is -4.74. The molecule has 1 amide bonds. The second kappa shape index (κ2) is 19.1. The van der Waals surface area contributed by atoms with E-state index in [1.165, 1.54) is 0 Å². The SMILES string of the molecule is Cc1ccc2nc(NC(=O)CCCOCc3ccccc3)nc(NC3CCCCC3NC(=N)N)c2c1.O=C(O)C(F)(F)F.O=C(O)C(F)(F)F. The minimum Gasteiger partial charge on any atom is -0.475 e. The summed E-state index contributed by atoms with van der Waals surface area (Å²) in [5, 5.41) is 32.3. The molecule has 2 unspecified atom stereocenters. The van der Waals surface area contributed by atoms with Crippen molar-refractivity contribution >= 4 is 46.5 Å². The molecule has 1 aliphatic carbocycles. The van der Waals surface area contributed by atoms with Crippen LogP contribution in [-0.4, -0.2) is 75.0 Å². The van der Waals surface area contributed by atoms with Gasteiger partial charge >= 0.3 is 24.3 Å². The predicted octanol–water partition coefficient (Wildman–Crippen LogP) is 5.35. The van der Waals surface area contributed by atoms with Gasteiger partial charge in [-0.3, -0.25) is 15.5 Å². The van der Waals surface area contributed by atoms with Crippen LogP contribution in [0.3, 0.4) is 0 Å². The van der Waals surface area contributed by atoms with E-state index in [4.69, 9.17) is 35.7 Å². The number of carbonyl (C=O) groups excluding carboxylic acids is 1. The van der Waals surface area contributed by atoms with Crippen LogP contribution in [0, 0.1) is 12.3 Å². The fourth-order valence-corrected chi connectivity index (χ4v) is 4.55. The Labute approximate surface area is 282 Å². The Balaban J connectivity index is 0.000000521. The number of nitrogens with zero attached hydrogens (tertiary/aromatic N) is 2. The second-order valence-corrected chi connectivity index (χ2v) is 10.9. The van der Waals surface area contributed by atoms with Gasteiger partial charge in [0.15, 0.2) is 5.96 Å². The van der Waals surface area contributed by atoms with Crippen molar-refractivity contribution in [3.63, 3.8) is 0 Å². The number of carboxylic acid groups (broad SMARTS) is 2. The van der Waals surface area contributed by atoms with Gasteiger partial charge in [0.05, 0.1) is 12.1 Å². The number of halogens is 6. The molecule has 0 radical (unpaired) electrons. The molecule has 1 aromatic heterocycles. The molecule has 1 aliphatic rings. The number of ether oxygens (including phenoxy) is 1. The average Bonchev–Trinajstić information content (AvgIpc) is 3.02. The smallest absolute Gasteiger partial charge is 0.475 e. The first kappa shape index (κ1) is 41.0. The fraction of sp³-hybridized carbons (Fsp3) is 0.419. The summed E-state index contributed by atoms with van der Waals surface area (Å²) in [7, 11) is 0. The number of benzene rings is 2. The lowest BCUT2D eigenvalue weighted by Gasteiger charge is -2.33. The Hall–Kier alpha value is -5.20. The van der Waals surface area contributed by atoms with Crippen LogP contribution in [0.25, 0.3) is 10.9 Å². The zero-order valence-electron chi connectivity index (χ0n) is 26.7. The molecule has 4 rings (SSSR count). The Morgan fingerprint density at radius 1 is 0.940 bits per heavy atom. The highest BCUT2D eigenvalue weighted by atomic mass is 19.4. The molecular formula is C31H37F6N7O6. The summed E-state index contributed by atoms with van der Waals surface area (Å²) in [4.78, 5) is 39.6. The number of fused-ring (bicyclic) bond motifs is 1. The number of hydrogen-bond donors (Lipinski definition) is 7. The molecule has 1 heterocycles. The van der Waals surface area contributed by atoms with Crippen molar-refractivity contribution in [2.45, 2.75) is 76.5 Å². The maximum Gasteiger partial charge on any atom is 0.490 e. The van der Waals surface area contributed by atoms with Crippen molar-refractivity contribution in [3.05, 3.63) is 59.7 Å². The number of nitrogens with two attached hydrogens (primary N) is 1. The van der Waals surface area contributed by atoms with Crippen LogP contribution < -0.4 is 21.7 Å². The quantitative estimate of drug-likeness (QED) is 0.0615. The standard InChI is InChI=1S/C27H35N7O2.2C2HF3O2/c1-18-13-14-21-20(16-18)25(30-22-10-5-6-11-23(22)31-26(28)29)34-27(32-21)33-24(35)12-7-15-36-17-19-8-3-2-4-9-19;2*3-2(4,5)1(6)7/h2-4,8-9,13-14,16,22-23H,5-7,10-12,15,17H2,1H3,(H4,28,29,31)(H2,30,32,33,34,35);2*(H,6,7). The average molecular weight is 718 g/mol. The monoisotopic (exact) mass is 717 g/mol. The van der Waals surface area contributed by atoms with Crippen LogP contribution in [0.1, 0.15) is 49.7 Å². The van der Waals surface area contributed by atoms with Gasteiger partial charge in [-0.05, 0) is 43.9 Å². The van der Waals surface area contributed by atoms with E-state index < -0.39 is 24.3 Å². The molecule has 13 nitrogen and oxygen atoms in total. The highest BCUT2D eigenvalue weighted by molar-refractivity contribution is 5.94. The topological polar surface area (TPSA) is 213 Å². The molecule has 50 heavy (non-hydrogen) atoms. The van der Waals surface area contributed by atoms with Crippen LogP contribution in [-0.2, 0) is 25.7 Å². The molecule has 1 saturated carbocycles. The lowest BCUT2D eigenvalue weighted by molar-refractivity contribution is -0.193. The largest absolute Gasteiger partial charge is 0.490 e. The van der Waals surface area contributed by atoms with E-state index in [-0.39, 0.29) is 29.9 Å². The molecule has 1 fully saturated rings. The van der Waals surface area contributed by atoms with Gasteiger partial charge in [-0.1, -0.05) is 54.8 Å². The lowest BCUT2D eigenvalue weighted by Crippen LogP contribution is -2.50. The summed E-state index contributed by atoms with van der Waals surface area (Å²) in [6, 6.07) is 16.1. The normalized spacial score (nSPS) is 15.7. The molecule has 2 atom stereocenters. The van der Waals surface area contributed by atoms with Crippen molar-refractivity contribution in [1.29, 1.82) is 5.41 Å². The Bertz CT molecular complexity index is 1570. The van der Waals surface area contributed by atoms with E-state index in [9.17, 15) is 31.1 Å². The van der Waals surface area contributed by atoms with Crippen LogP contribution in [0.4, 0.5) is 38.1 Å². The molecule has 0 spiro atoms. The number of rotatable bonds is 10. The fourth-order valence-electron chi connectivity index (χ4n) is 4.55. The number of guanidine groups is 1. The van der Waals surface area contributed by atoms with Crippen molar-refractivity contribution in [2.24, 2.45) is 5.73 Å². The van der Waals surface area contributed by atoms with E-state index in [1.54, 1.807) is 0 Å². The second-order valence-electron chi connectivity index (χ2n) is 10.9. The molecule has 0 saturated heterocycles. The molecule has 2 aromatic carbocycles. The summed E-state index contributed by atoms with van der Waals surface area (Å²) < 4.78 is 69.2. The maximum absolute atomic E-state index is 12.6. The number of carboxylic acids is 2. The summed E-state index contributed by atoms with van der Waals surface area (Å²) in [6.45, 7) is 3.06. The first-order chi connectivity index (χ1) is 23.4. The number of amides is 1. The zero-order valence-corrected chi connectivity index (χ0v) is 26.7. The molecular weight excluding hydrogens is 680 g/mol. The van der Waals surface area contributed by atoms with E-state index in [2.05, 4.69) is 25.9 Å². The number of alkyl halides is 6. The Kier molecular flexibility index (Phi) is 15.7. The van der Waals surface area contributed by atoms with Crippen molar-refractivity contribution in [3.8, 4) is 0 Å². The molecule has 8 N–H and O–H groups in total. The number of aromatic nitrogens is 2. The van der Waals surface area contributed by atoms with Gasteiger partial charge in [0.1, 0.15) is 5.82 Å². The van der Waals surface area contributed by atoms with Crippen LogP contribution in [0.5, 0.6) is 0 Å². The summed E-state index contributed by atoms with van der Waals surface area (Å²) >= 11 is 0.